The van der Waals surface area contributed by atoms with Gasteiger partial charge in [0.05, 0.1) is 66.1 Å². The normalized spacial score (nSPS) is 16.8. The number of thiol groups is 1. The number of hydrogen-bond acceptors (Lipinski definition) is 22. The van der Waals surface area contributed by atoms with E-state index in [4.69, 9.17) is 107 Å². The van der Waals surface area contributed by atoms with Gasteiger partial charge in [-0.3, -0.25) is 4.79 Å². The van der Waals surface area contributed by atoms with Gasteiger partial charge in [-0.2, -0.15) is 0 Å². The van der Waals surface area contributed by atoms with E-state index in [0.717, 1.165) is 0 Å². The first-order valence-electron chi connectivity index (χ1n) is 12.6. The number of carbonyl (C=O) groups excluding carboxylic acids is 1. The molecule has 0 saturated heterocycles. The predicted octanol–water partition coefficient (Wildman–Crippen LogP) is -12.1. The van der Waals surface area contributed by atoms with E-state index in [-0.39, 0.29) is 0 Å². The van der Waals surface area contributed by atoms with Crippen molar-refractivity contribution >= 4 is 17.7 Å². The van der Waals surface area contributed by atoms with Gasteiger partial charge >= 0.3 is 0 Å². The van der Waals surface area contributed by atoms with Crippen molar-refractivity contribution in [1.82, 2.24) is 0 Å². The van der Waals surface area contributed by atoms with Gasteiger partial charge < -0.3 is 107 Å². The fourth-order valence-corrected chi connectivity index (χ4v) is 1.22. The molecule has 0 aliphatic rings. The lowest BCUT2D eigenvalue weighted by molar-refractivity contribution is -0.113. The summed E-state index contributed by atoms with van der Waals surface area (Å²) in [5.74, 6) is 0. The summed E-state index contributed by atoms with van der Waals surface area (Å²) in [6.45, 7) is -5.73. The average Bonchev–Trinajstić information content (AvgIpc) is 3.08. The first kappa shape index (κ1) is 56.5. The van der Waals surface area contributed by atoms with Gasteiger partial charge in [0.25, 0.3) is 0 Å². The van der Waals surface area contributed by atoms with Crippen LogP contribution in [0.3, 0.4) is 0 Å². The predicted molar refractivity (Wildman–Crippen MR) is 152 cm³/mol. The molecule has 0 amide bonds. The molecule has 0 rings (SSSR count). The molecule has 0 fully saturated rings. The highest BCUT2D eigenvalue weighted by molar-refractivity contribution is 7.96. The highest BCUT2D eigenvalue weighted by atomic mass is 32.1. The SMILES string of the molecule is O=C(S)CO.OC[C@@H](O)[C@@H](O)CO.OC[C@@H](O)[C@@H](O)CO.OC[C@@H](O)[C@@H](O)CO.OC[C@@H](O)[C@@H](O)CO.OC[C@@H](O)[C@@H](O)CO. The molecule has 0 unspecified atom stereocenters. The molecule has 0 aromatic carbocycles. The molecule has 0 spiro atoms. The minimum absolute atomic E-state index is 0.469. The summed E-state index contributed by atoms with van der Waals surface area (Å²) in [5, 5.41) is 173. The van der Waals surface area contributed by atoms with Crippen molar-refractivity contribution in [1.29, 1.82) is 0 Å². The average molecular weight is 703 g/mol. The van der Waals surface area contributed by atoms with Gasteiger partial charge in [0.15, 0.2) is 0 Å². The van der Waals surface area contributed by atoms with Crippen molar-refractivity contribution in [2.24, 2.45) is 0 Å². The molecule has 45 heavy (non-hydrogen) atoms. The summed E-state index contributed by atoms with van der Waals surface area (Å²) < 4.78 is 0. The molecule has 0 aliphatic heterocycles. The third kappa shape index (κ3) is 43.2. The number of rotatable bonds is 16. The maximum absolute atomic E-state index is 9.43. The van der Waals surface area contributed by atoms with E-state index in [9.17, 15) is 4.79 Å². The molecular weight excluding hydrogens is 648 g/mol. The zero-order chi connectivity index (χ0) is 37.1. The third-order valence-corrected chi connectivity index (χ3v) is 4.37. The summed E-state index contributed by atoms with van der Waals surface area (Å²) >= 11 is 3.21. The summed E-state index contributed by atoms with van der Waals surface area (Å²) in [7, 11) is 0. The molecule has 0 aliphatic carbocycles. The van der Waals surface area contributed by atoms with E-state index >= 15 is 0 Å². The Hall–Kier alpha value is -0.820. The van der Waals surface area contributed by atoms with E-state index in [1.165, 1.54) is 0 Å². The largest absolute Gasteiger partial charge is 0.394 e. The fourth-order valence-electron chi connectivity index (χ4n) is 1.22. The molecule has 0 saturated carbocycles. The summed E-state index contributed by atoms with van der Waals surface area (Å²) in [5.41, 5.74) is 0. The van der Waals surface area contributed by atoms with Crippen molar-refractivity contribution in [3.63, 3.8) is 0 Å². The Morgan fingerprint density at radius 1 is 0.311 bits per heavy atom. The van der Waals surface area contributed by atoms with Crippen molar-refractivity contribution in [3.8, 4) is 0 Å². The quantitative estimate of drug-likeness (QED) is 0.0663. The van der Waals surface area contributed by atoms with Crippen LogP contribution >= 0.6 is 12.6 Å². The van der Waals surface area contributed by atoms with Crippen molar-refractivity contribution in [2.75, 3.05) is 72.7 Å². The van der Waals surface area contributed by atoms with Crippen LogP contribution in [0.15, 0.2) is 0 Å². The lowest BCUT2D eigenvalue weighted by Gasteiger charge is -2.10. The van der Waals surface area contributed by atoms with Gasteiger partial charge in [-0.05, 0) is 0 Å². The van der Waals surface area contributed by atoms with Gasteiger partial charge in [0.2, 0.25) is 5.12 Å². The zero-order valence-corrected chi connectivity index (χ0v) is 25.2. The second kappa shape index (κ2) is 41.2. The molecular formula is C22H54O22S. The minimum atomic E-state index is -1.22. The molecule has 280 valence electrons. The van der Waals surface area contributed by atoms with Gasteiger partial charge in [-0.25, -0.2) is 0 Å². The van der Waals surface area contributed by atoms with Crippen LogP contribution in [-0.4, -0.2) is 246 Å². The molecule has 21 N–H and O–H groups in total. The van der Waals surface area contributed by atoms with Crippen LogP contribution < -0.4 is 0 Å². The lowest BCUT2D eigenvalue weighted by Crippen LogP contribution is -2.31. The molecule has 0 heterocycles. The Bertz CT molecular complexity index is 436. The second-order valence-corrected chi connectivity index (χ2v) is 8.55. The first-order valence-corrected chi connectivity index (χ1v) is 13.0. The number of hydrogen-bond donors (Lipinski definition) is 22. The number of aliphatic hydroxyl groups is 21. The van der Waals surface area contributed by atoms with Gasteiger partial charge in [0.1, 0.15) is 67.6 Å². The van der Waals surface area contributed by atoms with Gasteiger partial charge in [0, 0.05) is 0 Å². The highest BCUT2D eigenvalue weighted by Crippen LogP contribution is 1.91. The lowest BCUT2D eigenvalue weighted by atomic mass is 10.2. The van der Waals surface area contributed by atoms with E-state index in [2.05, 4.69) is 12.6 Å². The Labute approximate surface area is 263 Å². The first-order chi connectivity index (χ1) is 20.9. The highest BCUT2D eigenvalue weighted by Gasteiger charge is 2.14. The zero-order valence-electron chi connectivity index (χ0n) is 24.3. The van der Waals surface area contributed by atoms with Crippen molar-refractivity contribution in [3.05, 3.63) is 0 Å². The number of aliphatic hydroxyl groups excluding tert-OH is 21. The van der Waals surface area contributed by atoms with Crippen LogP contribution in [0.2, 0.25) is 0 Å². The summed E-state index contributed by atoms with van der Waals surface area (Å²) in [6, 6.07) is 0. The van der Waals surface area contributed by atoms with Gasteiger partial charge in [-0.15, -0.1) is 12.6 Å². The van der Waals surface area contributed by atoms with Crippen LogP contribution in [0, 0.1) is 0 Å². The molecule has 23 heteroatoms. The Balaban J connectivity index is -0.000000102. The molecule has 0 bridgehead atoms. The molecule has 0 aromatic heterocycles. The van der Waals surface area contributed by atoms with Crippen LogP contribution in [-0.2, 0) is 4.79 Å². The molecule has 22 nitrogen and oxygen atoms in total. The topological polar surface area (TPSA) is 442 Å². The van der Waals surface area contributed by atoms with Crippen LogP contribution in [0.5, 0.6) is 0 Å². The van der Waals surface area contributed by atoms with Crippen LogP contribution in [0.1, 0.15) is 0 Å². The van der Waals surface area contributed by atoms with Crippen molar-refractivity contribution in [2.45, 2.75) is 61.0 Å². The minimum Gasteiger partial charge on any atom is -0.394 e. The standard InChI is InChI=1S/5C4H10O4.C2H4O2S/c5*5-1-3(7)4(8)2-6;3-1-2(4)5/h5*3-8H,1-2H2;3H,1H2,(H,4,5)/t5*3-,4+;. The Morgan fingerprint density at radius 3 is 0.400 bits per heavy atom. The maximum Gasteiger partial charge on any atom is 0.211 e. The number of carbonyl (C=O) groups is 1. The van der Waals surface area contributed by atoms with Crippen molar-refractivity contribution < 1.29 is 112 Å². The van der Waals surface area contributed by atoms with Crippen LogP contribution in [0.25, 0.3) is 0 Å². The third-order valence-electron chi connectivity index (χ3n) is 4.23. The van der Waals surface area contributed by atoms with Gasteiger partial charge in [-0.1, -0.05) is 0 Å². The van der Waals surface area contributed by atoms with E-state index in [1.54, 1.807) is 0 Å². The van der Waals surface area contributed by atoms with E-state index in [0.29, 0.717) is 0 Å². The van der Waals surface area contributed by atoms with Crippen LogP contribution in [0.4, 0.5) is 0 Å². The smallest absolute Gasteiger partial charge is 0.211 e. The monoisotopic (exact) mass is 702 g/mol. The van der Waals surface area contributed by atoms with E-state index in [1.807, 2.05) is 0 Å². The summed E-state index contributed by atoms with van der Waals surface area (Å²) in [4.78, 5) is 9.43. The van der Waals surface area contributed by atoms with E-state index < -0.39 is 139 Å². The maximum atomic E-state index is 9.43. The Kier molecular flexibility index (Phi) is 51.7. The molecule has 10 atom stereocenters. The Morgan fingerprint density at radius 2 is 0.378 bits per heavy atom. The fraction of sp³-hybridized carbons (Fsp3) is 0.955. The molecule has 0 radical (unpaired) electrons. The summed E-state index contributed by atoms with van der Waals surface area (Å²) in [6.07, 6.45) is -12.2. The molecule has 0 aromatic rings. The second-order valence-electron chi connectivity index (χ2n) is 8.05.